The molecule has 90 valence electrons. The van der Waals surface area contributed by atoms with Gasteiger partial charge < -0.3 is 5.32 Å². The Morgan fingerprint density at radius 3 is 2.88 bits per heavy atom. The molecule has 0 radical (unpaired) electrons. The number of nitrogens with one attached hydrogen (secondary N) is 1. The van der Waals surface area contributed by atoms with Crippen LogP contribution < -0.4 is 5.32 Å². The van der Waals surface area contributed by atoms with Gasteiger partial charge in [0, 0.05) is 33.1 Å². The van der Waals surface area contributed by atoms with Gasteiger partial charge in [0.05, 0.1) is 0 Å². The van der Waals surface area contributed by atoms with E-state index >= 15 is 0 Å². The lowest BCUT2D eigenvalue weighted by Gasteiger charge is -2.15. The van der Waals surface area contributed by atoms with Crippen LogP contribution in [-0.4, -0.2) is 4.98 Å². The zero-order valence-corrected chi connectivity index (χ0v) is 13.3. The third-order valence-electron chi connectivity index (χ3n) is 2.47. The van der Waals surface area contributed by atoms with E-state index in [1.807, 2.05) is 11.6 Å². The van der Waals surface area contributed by atoms with Gasteiger partial charge >= 0.3 is 0 Å². The summed E-state index contributed by atoms with van der Waals surface area (Å²) >= 11 is 8.71. The van der Waals surface area contributed by atoms with Crippen LogP contribution in [-0.2, 0) is 6.54 Å². The number of hydrogen-bond donors (Lipinski definition) is 1. The average Bonchev–Trinajstić information content (AvgIpc) is 2.78. The summed E-state index contributed by atoms with van der Waals surface area (Å²) in [4.78, 5) is 4.26. The Kier molecular flexibility index (Phi) is 4.73. The Balaban J connectivity index is 2.01. The lowest BCUT2D eigenvalue weighted by Crippen LogP contribution is -2.18. The van der Waals surface area contributed by atoms with E-state index in [1.165, 1.54) is 5.56 Å². The van der Waals surface area contributed by atoms with Gasteiger partial charge in [-0.3, -0.25) is 0 Å². The van der Waals surface area contributed by atoms with Gasteiger partial charge in [0.2, 0.25) is 0 Å². The summed E-state index contributed by atoms with van der Waals surface area (Å²) < 4.78 is 2.20. The van der Waals surface area contributed by atoms with Crippen LogP contribution in [0.3, 0.4) is 0 Å². The molecule has 1 N–H and O–H groups in total. The molecule has 1 aromatic heterocycles. The predicted molar refractivity (Wildman–Crippen MR) is 79.2 cm³/mol. The number of halogens is 2. The van der Waals surface area contributed by atoms with Gasteiger partial charge in [0.15, 0.2) is 0 Å². The molecule has 0 saturated heterocycles. The minimum absolute atomic E-state index is 0.293. The lowest BCUT2D eigenvalue weighted by atomic mass is 10.1. The van der Waals surface area contributed by atoms with Crippen LogP contribution in [0.15, 0.2) is 38.7 Å². The SMILES string of the molecule is CC(NCc1nccs1)c1ccc(Br)cc1Br. The molecule has 0 fully saturated rings. The molecule has 0 saturated carbocycles. The second-order valence-electron chi connectivity index (χ2n) is 3.69. The van der Waals surface area contributed by atoms with Crippen molar-refractivity contribution in [1.29, 1.82) is 0 Å². The standard InChI is InChI=1S/C12H12Br2N2S/c1-8(16-7-12-15-4-5-17-12)10-3-2-9(13)6-11(10)14/h2-6,8,16H,7H2,1H3. The molecule has 0 amide bonds. The molecular formula is C12H12Br2N2S. The highest BCUT2D eigenvalue weighted by Crippen LogP contribution is 2.26. The fourth-order valence-electron chi connectivity index (χ4n) is 1.54. The zero-order chi connectivity index (χ0) is 12.3. The van der Waals surface area contributed by atoms with Gasteiger partial charge in [-0.15, -0.1) is 11.3 Å². The molecule has 1 unspecified atom stereocenters. The molecule has 0 aliphatic heterocycles. The molecule has 0 aliphatic carbocycles. The summed E-state index contributed by atoms with van der Waals surface area (Å²) in [5.41, 5.74) is 1.25. The van der Waals surface area contributed by atoms with Crippen molar-refractivity contribution in [3.63, 3.8) is 0 Å². The first-order valence-corrected chi connectivity index (χ1v) is 7.70. The largest absolute Gasteiger partial charge is 0.304 e. The molecule has 1 aromatic carbocycles. The summed E-state index contributed by atoms with van der Waals surface area (Å²) in [7, 11) is 0. The van der Waals surface area contributed by atoms with E-state index in [0.717, 1.165) is 20.5 Å². The van der Waals surface area contributed by atoms with E-state index in [9.17, 15) is 0 Å². The van der Waals surface area contributed by atoms with Crippen molar-refractivity contribution in [2.45, 2.75) is 19.5 Å². The minimum atomic E-state index is 0.293. The highest BCUT2D eigenvalue weighted by molar-refractivity contribution is 9.11. The molecule has 0 aliphatic rings. The van der Waals surface area contributed by atoms with E-state index in [0.29, 0.717) is 6.04 Å². The van der Waals surface area contributed by atoms with Crippen LogP contribution in [0, 0.1) is 0 Å². The summed E-state index contributed by atoms with van der Waals surface area (Å²) in [6, 6.07) is 6.54. The van der Waals surface area contributed by atoms with E-state index in [1.54, 1.807) is 11.3 Å². The quantitative estimate of drug-likeness (QED) is 0.849. The van der Waals surface area contributed by atoms with Crippen molar-refractivity contribution in [3.05, 3.63) is 49.3 Å². The topological polar surface area (TPSA) is 24.9 Å². The smallest absolute Gasteiger partial charge is 0.106 e. The maximum atomic E-state index is 4.26. The first-order chi connectivity index (χ1) is 8.16. The molecule has 2 aromatic rings. The van der Waals surface area contributed by atoms with Crippen LogP contribution >= 0.6 is 43.2 Å². The Bertz CT molecular complexity index is 485. The molecule has 0 spiro atoms. The molecule has 5 heteroatoms. The maximum Gasteiger partial charge on any atom is 0.106 e. The molecule has 1 atom stereocenters. The highest BCUT2D eigenvalue weighted by Gasteiger charge is 2.09. The van der Waals surface area contributed by atoms with Crippen molar-refractivity contribution in [1.82, 2.24) is 10.3 Å². The third-order valence-corrected chi connectivity index (χ3v) is 4.43. The van der Waals surface area contributed by atoms with Crippen molar-refractivity contribution in [3.8, 4) is 0 Å². The molecule has 0 bridgehead atoms. The summed E-state index contributed by atoms with van der Waals surface area (Å²) in [6.07, 6.45) is 1.84. The Morgan fingerprint density at radius 1 is 1.41 bits per heavy atom. The zero-order valence-electron chi connectivity index (χ0n) is 9.28. The Labute approximate surface area is 122 Å². The lowest BCUT2D eigenvalue weighted by molar-refractivity contribution is 0.571. The Hall–Kier alpha value is -0.230. The number of thiazole rings is 1. The number of benzene rings is 1. The van der Waals surface area contributed by atoms with Crippen LogP contribution in [0.25, 0.3) is 0 Å². The first kappa shape index (κ1) is 13.2. The van der Waals surface area contributed by atoms with Crippen LogP contribution in [0.1, 0.15) is 23.5 Å². The predicted octanol–water partition coefficient (Wildman–Crippen LogP) is 4.52. The number of nitrogens with zero attached hydrogens (tertiary/aromatic N) is 1. The van der Waals surface area contributed by atoms with E-state index in [4.69, 9.17) is 0 Å². The number of hydrogen-bond acceptors (Lipinski definition) is 3. The molecular weight excluding hydrogens is 364 g/mol. The molecule has 2 nitrogen and oxygen atoms in total. The first-order valence-electron chi connectivity index (χ1n) is 5.23. The average molecular weight is 376 g/mol. The van der Waals surface area contributed by atoms with Crippen molar-refractivity contribution >= 4 is 43.2 Å². The van der Waals surface area contributed by atoms with E-state index < -0.39 is 0 Å². The Morgan fingerprint density at radius 2 is 2.24 bits per heavy atom. The van der Waals surface area contributed by atoms with Gasteiger partial charge in [-0.1, -0.05) is 37.9 Å². The van der Waals surface area contributed by atoms with Crippen molar-refractivity contribution in [2.24, 2.45) is 0 Å². The normalized spacial score (nSPS) is 12.6. The summed E-state index contributed by atoms with van der Waals surface area (Å²) in [6.45, 7) is 2.96. The maximum absolute atomic E-state index is 4.26. The van der Waals surface area contributed by atoms with Crippen LogP contribution in [0.4, 0.5) is 0 Å². The fourth-order valence-corrected chi connectivity index (χ4v) is 3.50. The van der Waals surface area contributed by atoms with Crippen molar-refractivity contribution < 1.29 is 0 Å². The van der Waals surface area contributed by atoms with Gasteiger partial charge in [0.25, 0.3) is 0 Å². The van der Waals surface area contributed by atoms with E-state index in [-0.39, 0.29) is 0 Å². The van der Waals surface area contributed by atoms with E-state index in [2.05, 4.69) is 67.3 Å². The van der Waals surface area contributed by atoms with Gasteiger partial charge in [-0.25, -0.2) is 4.98 Å². The second-order valence-corrected chi connectivity index (χ2v) is 6.44. The second kappa shape index (κ2) is 6.09. The molecule has 17 heavy (non-hydrogen) atoms. The van der Waals surface area contributed by atoms with Gasteiger partial charge in [-0.2, -0.15) is 0 Å². The molecule has 2 rings (SSSR count). The van der Waals surface area contributed by atoms with Crippen LogP contribution in [0.5, 0.6) is 0 Å². The summed E-state index contributed by atoms with van der Waals surface area (Å²) in [5, 5.41) is 6.58. The minimum Gasteiger partial charge on any atom is -0.304 e. The van der Waals surface area contributed by atoms with Gasteiger partial charge in [0.1, 0.15) is 5.01 Å². The number of rotatable bonds is 4. The number of aromatic nitrogens is 1. The van der Waals surface area contributed by atoms with Crippen molar-refractivity contribution in [2.75, 3.05) is 0 Å². The summed E-state index contributed by atoms with van der Waals surface area (Å²) in [5.74, 6) is 0. The fraction of sp³-hybridized carbons (Fsp3) is 0.250. The third kappa shape index (κ3) is 3.61. The molecule has 1 heterocycles. The van der Waals surface area contributed by atoms with Gasteiger partial charge in [-0.05, 0) is 24.6 Å². The monoisotopic (exact) mass is 374 g/mol. The highest BCUT2D eigenvalue weighted by atomic mass is 79.9. The van der Waals surface area contributed by atoms with Crippen LogP contribution in [0.2, 0.25) is 0 Å².